The minimum absolute atomic E-state index is 0.00715. The van der Waals surface area contributed by atoms with Crippen molar-refractivity contribution in [3.8, 4) is 0 Å². The summed E-state index contributed by atoms with van der Waals surface area (Å²) in [5, 5.41) is 21.5. The third-order valence-corrected chi connectivity index (χ3v) is 10.5. The van der Waals surface area contributed by atoms with Crippen molar-refractivity contribution in [2.24, 2.45) is 28.6 Å². The first-order chi connectivity index (χ1) is 20.9. The van der Waals surface area contributed by atoms with Crippen molar-refractivity contribution in [2.45, 2.75) is 71.2 Å². The molecular weight excluding hydrogens is 574 g/mol. The van der Waals surface area contributed by atoms with Gasteiger partial charge in [0.05, 0.1) is 18.3 Å². The second-order valence-electron chi connectivity index (χ2n) is 12.5. The summed E-state index contributed by atoms with van der Waals surface area (Å²) < 4.78 is 16.4. The molecule has 44 heavy (non-hydrogen) atoms. The summed E-state index contributed by atoms with van der Waals surface area (Å²) in [4.78, 5) is 67.2. The number of hydrogen-bond donors (Lipinski definition) is 1. The standard InChI is InChI=1S/C32H37NO11/c1-4-41-29(38)44-32(26(36)18-42-28(37)22-8-6-5-7-19(22)17-43-33(39)40)14-12-24-23-10-9-20-15-21(34)11-13-30(20,2)27(23)25(35)16-31(24,32)3/h5-8,11,13,15,23-25,27,35H,4,9-10,12,14,16-18H2,1-3H3/t23-,24-,25-,27+,30-,31-,32-/m0/s1. The summed E-state index contributed by atoms with van der Waals surface area (Å²) in [6, 6.07) is 6.00. The van der Waals surface area contributed by atoms with Crippen LogP contribution in [0.4, 0.5) is 4.79 Å². The maximum Gasteiger partial charge on any atom is 0.509 e. The number of esters is 1. The van der Waals surface area contributed by atoms with Crippen molar-refractivity contribution in [3.05, 3.63) is 69.3 Å². The molecule has 236 valence electrons. The third-order valence-electron chi connectivity index (χ3n) is 10.5. The van der Waals surface area contributed by atoms with Gasteiger partial charge in [0.2, 0.25) is 5.78 Å². The summed E-state index contributed by atoms with van der Waals surface area (Å²) in [5.41, 5.74) is -2.07. The Bertz CT molecular complexity index is 1430. The molecule has 0 aromatic heterocycles. The Morgan fingerprint density at radius 2 is 1.89 bits per heavy atom. The number of ketones is 2. The van der Waals surface area contributed by atoms with Gasteiger partial charge in [0, 0.05) is 16.7 Å². The van der Waals surface area contributed by atoms with Crippen LogP contribution in [-0.2, 0) is 35.2 Å². The fourth-order valence-corrected chi connectivity index (χ4v) is 8.58. The molecule has 1 N–H and O–H groups in total. The summed E-state index contributed by atoms with van der Waals surface area (Å²) in [5.74, 6) is -1.95. The van der Waals surface area contributed by atoms with Gasteiger partial charge in [-0.2, -0.15) is 0 Å². The van der Waals surface area contributed by atoms with Gasteiger partial charge in [-0.15, -0.1) is 10.1 Å². The highest BCUT2D eigenvalue weighted by atomic mass is 16.9. The number of benzene rings is 1. The molecule has 0 radical (unpaired) electrons. The Hall–Kier alpha value is -4.06. The van der Waals surface area contributed by atoms with Crippen molar-refractivity contribution in [1.29, 1.82) is 0 Å². The predicted molar refractivity (Wildman–Crippen MR) is 152 cm³/mol. The van der Waals surface area contributed by atoms with E-state index in [1.165, 1.54) is 12.1 Å². The van der Waals surface area contributed by atoms with Gasteiger partial charge in [0.25, 0.3) is 5.09 Å². The zero-order chi connectivity index (χ0) is 31.9. The van der Waals surface area contributed by atoms with E-state index < -0.39 is 58.7 Å². The van der Waals surface area contributed by atoms with Crippen LogP contribution in [0, 0.1) is 38.7 Å². The molecule has 4 aliphatic carbocycles. The molecule has 0 saturated heterocycles. The number of rotatable bonds is 9. The van der Waals surface area contributed by atoms with E-state index in [9.17, 15) is 34.4 Å². The number of nitrogens with zero attached hydrogens (tertiary/aromatic N) is 1. The average Bonchev–Trinajstić information content (AvgIpc) is 3.26. The number of carbonyl (C=O) groups is 4. The predicted octanol–water partition coefficient (Wildman–Crippen LogP) is 4.31. The molecular formula is C32H37NO11. The first kappa shape index (κ1) is 31.4. The maximum atomic E-state index is 14.1. The van der Waals surface area contributed by atoms with Gasteiger partial charge in [-0.05, 0) is 74.6 Å². The van der Waals surface area contributed by atoms with Gasteiger partial charge in [-0.25, -0.2) is 9.59 Å². The molecule has 0 heterocycles. The molecule has 7 atom stereocenters. The lowest BCUT2D eigenvalue weighted by atomic mass is 9.46. The zero-order valence-electron chi connectivity index (χ0n) is 25.0. The highest BCUT2D eigenvalue weighted by Crippen LogP contribution is 2.68. The van der Waals surface area contributed by atoms with Crippen LogP contribution >= 0.6 is 0 Å². The Balaban J connectivity index is 1.42. The first-order valence-electron chi connectivity index (χ1n) is 14.9. The van der Waals surface area contributed by atoms with E-state index in [0.717, 1.165) is 5.57 Å². The SMILES string of the molecule is CCOC(=O)O[C@]1(C(=O)COC(=O)c2ccccc2CO[N+](=O)[O-])CC[C@H]2[C@@H]3CCC4=CC(=O)C=C[C@]4(C)[C@H]3[C@@H](O)C[C@@]21C. The summed E-state index contributed by atoms with van der Waals surface area (Å²) in [6.07, 6.45) is 5.41. The molecule has 1 aromatic rings. The number of aliphatic hydroxyl groups excluding tert-OH is 1. The van der Waals surface area contributed by atoms with Gasteiger partial charge in [-0.1, -0.05) is 43.7 Å². The number of fused-ring (bicyclic) bond motifs is 5. The molecule has 0 aliphatic heterocycles. The van der Waals surface area contributed by atoms with Crippen LogP contribution in [0.3, 0.4) is 0 Å². The lowest BCUT2D eigenvalue weighted by molar-refractivity contribution is -0.763. The summed E-state index contributed by atoms with van der Waals surface area (Å²) in [7, 11) is 0. The molecule has 4 aliphatic rings. The number of hydrogen-bond acceptors (Lipinski definition) is 11. The van der Waals surface area contributed by atoms with E-state index in [4.69, 9.17) is 14.2 Å². The largest absolute Gasteiger partial charge is 0.509 e. The molecule has 5 rings (SSSR count). The summed E-state index contributed by atoms with van der Waals surface area (Å²) in [6.45, 7) is 4.31. The maximum absolute atomic E-state index is 14.1. The van der Waals surface area contributed by atoms with Gasteiger partial charge in [-0.3, -0.25) is 9.59 Å². The fourth-order valence-electron chi connectivity index (χ4n) is 8.58. The molecule has 12 heteroatoms. The van der Waals surface area contributed by atoms with E-state index in [0.29, 0.717) is 19.3 Å². The van der Waals surface area contributed by atoms with Crippen molar-refractivity contribution >= 4 is 23.7 Å². The van der Waals surface area contributed by atoms with Crippen LogP contribution in [0.15, 0.2) is 48.1 Å². The van der Waals surface area contributed by atoms with Crippen LogP contribution in [0.2, 0.25) is 0 Å². The van der Waals surface area contributed by atoms with E-state index in [1.54, 1.807) is 31.2 Å². The Kier molecular flexibility index (Phi) is 8.41. The van der Waals surface area contributed by atoms with Gasteiger partial charge >= 0.3 is 12.1 Å². The van der Waals surface area contributed by atoms with Crippen molar-refractivity contribution in [3.63, 3.8) is 0 Å². The number of Topliss-reactive ketones (excluding diaryl/α,β-unsaturated/α-hetero) is 1. The van der Waals surface area contributed by atoms with E-state index >= 15 is 0 Å². The fraction of sp³-hybridized carbons (Fsp3) is 0.562. The minimum Gasteiger partial charge on any atom is -0.454 e. The topological polar surface area (TPSA) is 169 Å². The van der Waals surface area contributed by atoms with Crippen LogP contribution in [0.1, 0.15) is 68.8 Å². The van der Waals surface area contributed by atoms with Crippen LogP contribution in [0.25, 0.3) is 0 Å². The molecule has 3 fully saturated rings. The number of allylic oxidation sites excluding steroid dienone is 4. The second-order valence-corrected chi connectivity index (χ2v) is 12.5. The van der Waals surface area contributed by atoms with E-state index in [2.05, 4.69) is 4.84 Å². The Labute approximate surface area is 254 Å². The van der Waals surface area contributed by atoms with E-state index in [-0.39, 0.29) is 54.1 Å². The van der Waals surface area contributed by atoms with Crippen LogP contribution in [0.5, 0.6) is 0 Å². The van der Waals surface area contributed by atoms with Crippen LogP contribution < -0.4 is 0 Å². The molecule has 12 nitrogen and oxygen atoms in total. The van der Waals surface area contributed by atoms with Gasteiger partial charge < -0.3 is 24.2 Å². The molecule has 0 unspecified atom stereocenters. The lowest BCUT2D eigenvalue weighted by Crippen LogP contribution is -2.63. The smallest absolute Gasteiger partial charge is 0.454 e. The molecule has 1 aromatic carbocycles. The number of carbonyl (C=O) groups excluding carboxylic acids is 4. The Morgan fingerprint density at radius 1 is 1.14 bits per heavy atom. The van der Waals surface area contributed by atoms with Crippen molar-refractivity contribution < 1.29 is 48.4 Å². The summed E-state index contributed by atoms with van der Waals surface area (Å²) >= 11 is 0. The van der Waals surface area contributed by atoms with Crippen molar-refractivity contribution in [2.75, 3.05) is 13.2 Å². The van der Waals surface area contributed by atoms with E-state index in [1.807, 2.05) is 19.9 Å². The van der Waals surface area contributed by atoms with Crippen LogP contribution in [-0.4, -0.2) is 58.8 Å². The molecule has 0 amide bonds. The minimum atomic E-state index is -1.74. The lowest BCUT2D eigenvalue weighted by Gasteiger charge is -2.59. The Morgan fingerprint density at radius 3 is 2.61 bits per heavy atom. The monoisotopic (exact) mass is 611 g/mol. The van der Waals surface area contributed by atoms with Gasteiger partial charge in [0.15, 0.2) is 18.0 Å². The second kappa shape index (κ2) is 11.8. The molecule has 0 spiro atoms. The highest BCUT2D eigenvalue weighted by Gasteiger charge is 2.70. The third kappa shape index (κ3) is 5.18. The average molecular weight is 612 g/mol. The molecule has 0 bridgehead atoms. The van der Waals surface area contributed by atoms with Crippen molar-refractivity contribution in [1.82, 2.24) is 0 Å². The number of aliphatic hydroxyl groups is 1. The normalized spacial score (nSPS) is 33.6. The number of ether oxygens (including phenoxy) is 3. The quantitative estimate of drug-likeness (QED) is 0.240. The van der Waals surface area contributed by atoms with Gasteiger partial charge in [0.1, 0.15) is 6.61 Å². The highest BCUT2D eigenvalue weighted by molar-refractivity contribution is 6.01. The molecule has 3 saturated carbocycles. The first-order valence-corrected chi connectivity index (χ1v) is 14.9. The zero-order valence-corrected chi connectivity index (χ0v) is 25.0.